The molecule has 2 aliphatic carbocycles. The Balaban J connectivity index is 1.54. The maximum atomic E-state index is 11.4. The molecular formula is C12H19NO3S. The highest BCUT2D eigenvalue weighted by Crippen LogP contribution is 2.43. The molecule has 2 N–H and O–H groups in total. The molecule has 1 aliphatic heterocycles. The summed E-state index contributed by atoms with van der Waals surface area (Å²) in [6, 6.07) is -0.261. The normalized spacial score (nSPS) is 46.8. The van der Waals surface area contributed by atoms with Crippen LogP contribution < -0.4 is 5.32 Å². The lowest BCUT2D eigenvalue weighted by Crippen LogP contribution is -2.41. The Morgan fingerprint density at radius 3 is 2.59 bits per heavy atom. The van der Waals surface area contributed by atoms with Gasteiger partial charge in [-0.2, -0.15) is 0 Å². The summed E-state index contributed by atoms with van der Waals surface area (Å²) in [5.74, 6) is 2.04. The largest absolute Gasteiger partial charge is 0.390 e. The second-order valence-electron chi connectivity index (χ2n) is 5.70. The van der Waals surface area contributed by atoms with Crippen LogP contribution in [0.5, 0.6) is 0 Å². The zero-order valence-corrected chi connectivity index (χ0v) is 10.6. The van der Waals surface area contributed by atoms with Crippen LogP contribution in [0.2, 0.25) is 0 Å². The molecule has 0 unspecified atom stereocenters. The van der Waals surface area contributed by atoms with Crippen molar-refractivity contribution in [2.24, 2.45) is 17.8 Å². The minimum Gasteiger partial charge on any atom is -0.390 e. The molecule has 2 bridgehead atoms. The van der Waals surface area contributed by atoms with Gasteiger partial charge in [0.05, 0.1) is 17.6 Å². The number of aliphatic hydroxyl groups is 1. The van der Waals surface area contributed by atoms with Crippen LogP contribution in [0.3, 0.4) is 0 Å². The average molecular weight is 257 g/mol. The van der Waals surface area contributed by atoms with Gasteiger partial charge in [0.15, 0.2) is 9.84 Å². The number of allylic oxidation sites excluding steroid dienone is 2. The Kier molecular flexibility index (Phi) is 2.80. The fourth-order valence-corrected chi connectivity index (χ4v) is 5.23. The van der Waals surface area contributed by atoms with Gasteiger partial charge in [0.25, 0.3) is 0 Å². The zero-order valence-electron chi connectivity index (χ0n) is 9.75. The molecule has 4 nitrogen and oxygen atoms in total. The summed E-state index contributed by atoms with van der Waals surface area (Å²) < 4.78 is 22.7. The molecule has 0 aromatic rings. The van der Waals surface area contributed by atoms with Crippen molar-refractivity contribution in [1.29, 1.82) is 0 Å². The molecule has 0 radical (unpaired) electrons. The number of sulfone groups is 1. The summed E-state index contributed by atoms with van der Waals surface area (Å²) in [7, 11) is -3.03. The maximum absolute atomic E-state index is 11.4. The Morgan fingerprint density at radius 1 is 1.24 bits per heavy atom. The number of rotatable bonds is 3. The van der Waals surface area contributed by atoms with E-state index in [0.29, 0.717) is 11.8 Å². The van der Waals surface area contributed by atoms with E-state index in [9.17, 15) is 13.5 Å². The van der Waals surface area contributed by atoms with E-state index in [0.717, 1.165) is 12.5 Å². The molecule has 1 heterocycles. The Morgan fingerprint density at radius 2 is 2.06 bits per heavy atom. The van der Waals surface area contributed by atoms with E-state index in [2.05, 4.69) is 17.5 Å². The standard InChI is InChI=1S/C12H19NO3S/c14-12-7-17(15,16)6-11(12)13-5-10-4-8-1-2-9(10)3-8/h1-2,8-14H,3-7H2/t8-,9+,10-,11+,12-/m0/s1. The van der Waals surface area contributed by atoms with E-state index >= 15 is 0 Å². The minimum atomic E-state index is -3.03. The van der Waals surface area contributed by atoms with Crippen molar-refractivity contribution in [3.63, 3.8) is 0 Å². The molecule has 17 heavy (non-hydrogen) atoms. The average Bonchev–Trinajstić information content (AvgIpc) is 2.89. The van der Waals surface area contributed by atoms with Crippen molar-refractivity contribution >= 4 is 9.84 Å². The van der Waals surface area contributed by atoms with Gasteiger partial charge in [0, 0.05) is 6.04 Å². The first kappa shape index (κ1) is 11.7. The fourth-order valence-electron chi connectivity index (χ4n) is 3.46. The van der Waals surface area contributed by atoms with Gasteiger partial charge in [-0.15, -0.1) is 0 Å². The van der Waals surface area contributed by atoms with E-state index in [1.807, 2.05) is 0 Å². The Bertz CT molecular complexity index is 431. The third-order valence-corrected chi connectivity index (χ3v) is 6.10. The molecule has 3 aliphatic rings. The first-order valence-electron chi connectivity index (χ1n) is 6.34. The van der Waals surface area contributed by atoms with Crippen LogP contribution in [-0.2, 0) is 9.84 Å². The minimum absolute atomic E-state index is 0.0821. The van der Waals surface area contributed by atoms with Crippen LogP contribution in [0.1, 0.15) is 12.8 Å². The molecule has 5 atom stereocenters. The molecule has 1 saturated heterocycles. The summed E-state index contributed by atoms with van der Waals surface area (Å²) in [4.78, 5) is 0. The number of nitrogens with one attached hydrogen (secondary N) is 1. The summed E-state index contributed by atoms with van der Waals surface area (Å²) in [5, 5.41) is 12.9. The predicted octanol–water partition coefficient (Wildman–Crippen LogP) is -0.0539. The summed E-state index contributed by atoms with van der Waals surface area (Å²) >= 11 is 0. The van der Waals surface area contributed by atoms with E-state index in [-0.39, 0.29) is 17.5 Å². The van der Waals surface area contributed by atoms with Gasteiger partial charge in [0.1, 0.15) is 0 Å². The SMILES string of the molecule is O=S1(=O)C[C@H](O)[C@H](NC[C@@H]2C[C@H]3C=C[C@@H]2C3)C1. The van der Waals surface area contributed by atoms with Gasteiger partial charge >= 0.3 is 0 Å². The first-order valence-corrected chi connectivity index (χ1v) is 8.16. The van der Waals surface area contributed by atoms with Crippen molar-refractivity contribution in [2.45, 2.75) is 25.0 Å². The highest BCUT2D eigenvalue weighted by Gasteiger charge is 2.39. The molecule has 5 heteroatoms. The molecule has 0 aromatic heterocycles. The fraction of sp³-hybridized carbons (Fsp3) is 0.833. The van der Waals surface area contributed by atoms with Gasteiger partial charge in [-0.3, -0.25) is 0 Å². The van der Waals surface area contributed by atoms with Crippen LogP contribution >= 0.6 is 0 Å². The molecule has 2 fully saturated rings. The van der Waals surface area contributed by atoms with Crippen LogP contribution in [0.15, 0.2) is 12.2 Å². The lowest BCUT2D eigenvalue weighted by molar-refractivity contribution is 0.162. The van der Waals surface area contributed by atoms with Crippen molar-refractivity contribution in [2.75, 3.05) is 18.1 Å². The lowest BCUT2D eigenvalue weighted by atomic mass is 9.93. The summed E-state index contributed by atoms with van der Waals surface area (Å²) in [6.07, 6.45) is 6.34. The Labute approximate surface area is 102 Å². The van der Waals surface area contributed by atoms with Gasteiger partial charge in [0.2, 0.25) is 0 Å². The second kappa shape index (κ2) is 4.07. The van der Waals surface area contributed by atoms with Crippen molar-refractivity contribution in [3.8, 4) is 0 Å². The van der Waals surface area contributed by atoms with E-state index in [1.54, 1.807) is 0 Å². The monoisotopic (exact) mass is 257 g/mol. The van der Waals surface area contributed by atoms with Crippen molar-refractivity contribution < 1.29 is 13.5 Å². The van der Waals surface area contributed by atoms with E-state index in [4.69, 9.17) is 0 Å². The van der Waals surface area contributed by atoms with E-state index in [1.165, 1.54) is 12.8 Å². The number of aliphatic hydroxyl groups excluding tert-OH is 1. The number of fused-ring (bicyclic) bond motifs is 2. The van der Waals surface area contributed by atoms with Crippen LogP contribution in [0.4, 0.5) is 0 Å². The number of hydrogen-bond donors (Lipinski definition) is 2. The molecule has 3 rings (SSSR count). The van der Waals surface area contributed by atoms with Gasteiger partial charge < -0.3 is 10.4 Å². The quantitative estimate of drug-likeness (QED) is 0.696. The predicted molar refractivity (Wildman–Crippen MR) is 65.3 cm³/mol. The van der Waals surface area contributed by atoms with Gasteiger partial charge in [-0.05, 0) is 37.1 Å². The van der Waals surface area contributed by atoms with Crippen LogP contribution in [0, 0.1) is 17.8 Å². The molecule has 0 spiro atoms. The first-order chi connectivity index (χ1) is 8.03. The van der Waals surface area contributed by atoms with Crippen molar-refractivity contribution in [1.82, 2.24) is 5.32 Å². The summed E-state index contributed by atoms with van der Waals surface area (Å²) in [5.41, 5.74) is 0. The summed E-state index contributed by atoms with van der Waals surface area (Å²) in [6.45, 7) is 0.836. The third kappa shape index (κ3) is 2.28. The molecule has 96 valence electrons. The molecule has 0 aromatic carbocycles. The molecular weight excluding hydrogens is 238 g/mol. The Hall–Kier alpha value is -0.390. The highest BCUT2D eigenvalue weighted by atomic mass is 32.2. The molecule has 1 saturated carbocycles. The second-order valence-corrected chi connectivity index (χ2v) is 7.85. The zero-order chi connectivity index (χ0) is 12.0. The van der Waals surface area contributed by atoms with Gasteiger partial charge in [-0.25, -0.2) is 8.42 Å². The lowest BCUT2D eigenvalue weighted by Gasteiger charge is -2.22. The van der Waals surface area contributed by atoms with Gasteiger partial charge in [-0.1, -0.05) is 12.2 Å². The van der Waals surface area contributed by atoms with Crippen molar-refractivity contribution in [3.05, 3.63) is 12.2 Å². The molecule has 0 amide bonds. The number of hydrogen-bond acceptors (Lipinski definition) is 4. The maximum Gasteiger partial charge on any atom is 0.154 e. The topological polar surface area (TPSA) is 66.4 Å². The highest BCUT2D eigenvalue weighted by molar-refractivity contribution is 7.91. The third-order valence-electron chi connectivity index (χ3n) is 4.38. The smallest absolute Gasteiger partial charge is 0.154 e. The van der Waals surface area contributed by atoms with Crippen LogP contribution in [0.25, 0.3) is 0 Å². The van der Waals surface area contributed by atoms with Crippen LogP contribution in [-0.4, -0.2) is 43.7 Å². The van der Waals surface area contributed by atoms with E-state index < -0.39 is 15.9 Å².